The Morgan fingerprint density at radius 1 is 1.32 bits per heavy atom. The number of aromatic nitrogens is 2. The molecule has 0 radical (unpaired) electrons. The lowest BCUT2D eigenvalue weighted by molar-refractivity contribution is 0.0329. The van der Waals surface area contributed by atoms with Gasteiger partial charge in [-0.05, 0) is 37.7 Å². The molecule has 5 nitrogen and oxygen atoms in total. The molecule has 0 saturated heterocycles. The van der Waals surface area contributed by atoms with E-state index < -0.39 is 0 Å². The zero-order valence-electron chi connectivity index (χ0n) is 14.8. The third kappa shape index (κ3) is 3.72. The second-order valence-electron chi connectivity index (χ2n) is 6.65. The van der Waals surface area contributed by atoms with Gasteiger partial charge in [-0.25, -0.2) is 0 Å². The molecule has 1 heterocycles. The first-order valence-corrected chi connectivity index (χ1v) is 8.96. The van der Waals surface area contributed by atoms with Crippen LogP contribution in [0.4, 0.5) is 0 Å². The molecule has 1 aromatic heterocycles. The summed E-state index contributed by atoms with van der Waals surface area (Å²) in [6.07, 6.45) is 2.75. The van der Waals surface area contributed by atoms with Gasteiger partial charge in [0.1, 0.15) is 0 Å². The SMILES string of the molecule is COC1CC(c2ccccc2)CCC1NC(=O)c1nn(C)c(C)c1Cl. The molecule has 1 amide bonds. The van der Waals surface area contributed by atoms with Gasteiger partial charge < -0.3 is 10.1 Å². The van der Waals surface area contributed by atoms with Crippen LogP contribution in [0.3, 0.4) is 0 Å². The number of nitrogens with one attached hydrogen (secondary N) is 1. The Balaban J connectivity index is 1.69. The minimum atomic E-state index is -0.237. The molecule has 3 atom stereocenters. The molecule has 1 N–H and O–H groups in total. The monoisotopic (exact) mass is 361 g/mol. The van der Waals surface area contributed by atoms with Crippen LogP contribution in [0, 0.1) is 6.92 Å². The molecule has 6 heteroatoms. The van der Waals surface area contributed by atoms with E-state index in [0.717, 1.165) is 25.0 Å². The van der Waals surface area contributed by atoms with Crippen molar-refractivity contribution in [3.63, 3.8) is 0 Å². The molecule has 0 spiro atoms. The summed E-state index contributed by atoms with van der Waals surface area (Å²) in [5, 5.41) is 7.70. The molecule has 0 bridgehead atoms. The third-order valence-corrected chi connectivity index (χ3v) is 5.61. The van der Waals surface area contributed by atoms with Crippen LogP contribution in [0.5, 0.6) is 0 Å². The number of hydrogen-bond acceptors (Lipinski definition) is 3. The zero-order chi connectivity index (χ0) is 18.0. The molecule has 1 saturated carbocycles. The lowest BCUT2D eigenvalue weighted by Crippen LogP contribution is -2.47. The van der Waals surface area contributed by atoms with E-state index in [4.69, 9.17) is 16.3 Å². The van der Waals surface area contributed by atoms with Gasteiger partial charge in [-0.3, -0.25) is 9.48 Å². The van der Waals surface area contributed by atoms with Crippen molar-refractivity contribution in [2.75, 3.05) is 7.11 Å². The lowest BCUT2D eigenvalue weighted by atomic mass is 9.80. The van der Waals surface area contributed by atoms with E-state index >= 15 is 0 Å². The number of aryl methyl sites for hydroxylation is 1. The maximum Gasteiger partial charge on any atom is 0.273 e. The van der Waals surface area contributed by atoms with Crippen LogP contribution in [0.2, 0.25) is 5.02 Å². The van der Waals surface area contributed by atoms with Gasteiger partial charge in [-0.1, -0.05) is 41.9 Å². The van der Waals surface area contributed by atoms with Crippen LogP contribution in [0.1, 0.15) is 46.9 Å². The van der Waals surface area contributed by atoms with Crippen LogP contribution in [-0.4, -0.2) is 34.9 Å². The van der Waals surface area contributed by atoms with Crippen molar-refractivity contribution in [2.24, 2.45) is 7.05 Å². The summed E-state index contributed by atoms with van der Waals surface area (Å²) < 4.78 is 7.30. The second-order valence-corrected chi connectivity index (χ2v) is 7.02. The van der Waals surface area contributed by atoms with Gasteiger partial charge >= 0.3 is 0 Å². The van der Waals surface area contributed by atoms with E-state index in [1.807, 2.05) is 13.0 Å². The Labute approximate surface area is 153 Å². The molecule has 1 aromatic carbocycles. The molecule has 3 unspecified atom stereocenters. The van der Waals surface area contributed by atoms with E-state index in [1.165, 1.54) is 5.56 Å². The smallest absolute Gasteiger partial charge is 0.273 e. The topological polar surface area (TPSA) is 56.1 Å². The van der Waals surface area contributed by atoms with E-state index in [0.29, 0.717) is 10.9 Å². The Bertz CT molecular complexity index is 745. The average molecular weight is 362 g/mol. The number of ether oxygens (including phenoxy) is 1. The van der Waals surface area contributed by atoms with Gasteiger partial charge in [0.2, 0.25) is 0 Å². The van der Waals surface area contributed by atoms with Gasteiger partial charge in [0, 0.05) is 14.2 Å². The van der Waals surface area contributed by atoms with Gasteiger partial charge in [-0.2, -0.15) is 5.10 Å². The Hall–Kier alpha value is -1.85. The average Bonchev–Trinajstić information content (AvgIpc) is 2.90. The summed E-state index contributed by atoms with van der Waals surface area (Å²) in [6.45, 7) is 1.84. The number of hydrogen-bond donors (Lipinski definition) is 1. The second kappa shape index (κ2) is 7.58. The highest BCUT2D eigenvalue weighted by molar-refractivity contribution is 6.34. The maximum atomic E-state index is 12.6. The predicted octanol–water partition coefficient (Wildman–Crippen LogP) is 3.46. The van der Waals surface area contributed by atoms with Crippen LogP contribution < -0.4 is 5.32 Å². The fourth-order valence-corrected chi connectivity index (χ4v) is 3.79. The van der Waals surface area contributed by atoms with E-state index in [9.17, 15) is 4.79 Å². The van der Waals surface area contributed by atoms with Crippen molar-refractivity contribution in [3.8, 4) is 0 Å². The highest BCUT2D eigenvalue weighted by Crippen LogP contribution is 2.34. The largest absolute Gasteiger partial charge is 0.379 e. The minimum Gasteiger partial charge on any atom is -0.379 e. The highest BCUT2D eigenvalue weighted by atomic mass is 35.5. The molecule has 1 fully saturated rings. The van der Waals surface area contributed by atoms with Crippen LogP contribution in [0.15, 0.2) is 30.3 Å². The number of rotatable bonds is 4. The zero-order valence-corrected chi connectivity index (χ0v) is 15.6. The number of amides is 1. The highest BCUT2D eigenvalue weighted by Gasteiger charge is 2.33. The Morgan fingerprint density at radius 3 is 2.64 bits per heavy atom. The molecule has 25 heavy (non-hydrogen) atoms. The van der Waals surface area contributed by atoms with Crippen LogP contribution in [0.25, 0.3) is 0 Å². The first kappa shape index (κ1) is 18.0. The van der Waals surface area contributed by atoms with Gasteiger partial charge in [0.25, 0.3) is 5.91 Å². The first-order chi connectivity index (χ1) is 12.0. The summed E-state index contributed by atoms with van der Waals surface area (Å²) >= 11 is 6.22. The van der Waals surface area contributed by atoms with Crippen molar-refractivity contribution >= 4 is 17.5 Å². The molecule has 1 aliphatic rings. The van der Waals surface area contributed by atoms with Crippen molar-refractivity contribution in [3.05, 3.63) is 52.3 Å². The van der Waals surface area contributed by atoms with Gasteiger partial charge in [0.05, 0.1) is 22.9 Å². The quantitative estimate of drug-likeness (QED) is 0.907. The summed E-state index contributed by atoms with van der Waals surface area (Å²) in [4.78, 5) is 12.6. The van der Waals surface area contributed by atoms with Gasteiger partial charge in [-0.15, -0.1) is 0 Å². The summed E-state index contributed by atoms with van der Waals surface area (Å²) in [5.74, 6) is 0.221. The Morgan fingerprint density at radius 2 is 2.04 bits per heavy atom. The number of methoxy groups -OCH3 is 1. The summed E-state index contributed by atoms with van der Waals surface area (Å²) in [7, 11) is 3.48. The summed E-state index contributed by atoms with van der Waals surface area (Å²) in [6, 6.07) is 10.4. The van der Waals surface area contributed by atoms with Crippen LogP contribution in [-0.2, 0) is 11.8 Å². The number of benzene rings is 1. The number of carbonyl (C=O) groups is 1. The fourth-order valence-electron chi connectivity index (χ4n) is 3.55. The van der Waals surface area contributed by atoms with Crippen molar-refractivity contribution in [1.82, 2.24) is 15.1 Å². The number of halogens is 1. The third-order valence-electron chi connectivity index (χ3n) is 5.16. The standard InChI is InChI=1S/C19H24ClN3O2/c1-12-17(20)18(22-23(12)2)19(24)21-15-10-9-14(11-16(15)25-3)13-7-5-4-6-8-13/h4-8,14-16H,9-11H2,1-3H3,(H,21,24). The first-order valence-electron chi connectivity index (χ1n) is 8.59. The van der Waals surface area contributed by atoms with E-state index in [1.54, 1.807) is 18.8 Å². The van der Waals surface area contributed by atoms with Gasteiger partial charge in [0.15, 0.2) is 5.69 Å². The lowest BCUT2D eigenvalue weighted by Gasteiger charge is -2.35. The van der Waals surface area contributed by atoms with Crippen molar-refractivity contribution in [1.29, 1.82) is 0 Å². The normalized spacial score (nSPS) is 23.4. The minimum absolute atomic E-state index is 0.0218. The molecule has 0 aliphatic heterocycles. The fraction of sp³-hybridized carbons (Fsp3) is 0.474. The summed E-state index contributed by atoms with van der Waals surface area (Å²) in [5.41, 5.74) is 2.39. The maximum absolute atomic E-state index is 12.6. The van der Waals surface area contributed by atoms with E-state index in [2.05, 4.69) is 34.7 Å². The van der Waals surface area contributed by atoms with E-state index in [-0.39, 0.29) is 23.7 Å². The number of nitrogens with zero attached hydrogens (tertiary/aromatic N) is 2. The van der Waals surface area contributed by atoms with Crippen molar-refractivity contribution < 1.29 is 9.53 Å². The molecule has 134 valence electrons. The molecular formula is C19H24ClN3O2. The molecule has 3 rings (SSSR count). The van der Waals surface area contributed by atoms with Crippen LogP contribution >= 0.6 is 11.6 Å². The molecule has 2 aromatic rings. The number of carbonyl (C=O) groups excluding carboxylic acids is 1. The molecular weight excluding hydrogens is 338 g/mol. The predicted molar refractivity (Wildman–Crippen MR) is 98.0 cm³/mol. The Kier molecular flexibility index (Phi) is 5.45. The molecule has 1 aliphatic carbocycles. The van der Waals surface area contributed by atoms with Crippen molar-refractivity contribution in [2.45, 2.75) is 44.2 Å².